The third-order valence-corrected chi connectivity index (χ3v) is 6.64. The SMILES string of the molecule is COc1ccc(C[C@H](NC(=O)C(C)(C)NC(=O)[C@@H](SC(C)=O)C2CCOCC2)C(=O)O)cc1. The number of ether oxygens (including phenoxy) is 2. The third-order valence-electron chi connectivity index (χ3n) is 5.45. The van der Waals surface area contributed by atoms with Gasteiger partial charge in [0, 0.05) is 26.6 Å². The van der Waals surface area contributed by atoms with E-state index in [-0.39, 0.29) is 17.5 Å². The molecule has 3 N–H and O–H groups in total. The Labute approximate surface area is 198 Å². The first-order valence-electron chi connectivity index (χ1n) is 10.8. The van der Waals surface area contributed by atoms with Gasteiger partial charge in [0.25, 0.3) is 0 Å². The van der Waals surface area contributed by atoms with Gasteiger partial charge in [-0.3, -0.25) is 14.4 Å². The average Bonchev–Trinajstić information content (AvgIpc) is 2.77. The maximum atomic E-state index is 13.0. The fourth-order valence-corrected chi connectivity index (χ4v) is 4.52. The largest absolute Gasteiger partial charge is 0.497 e. The summed E-state index contributed by atoms with van der Waals surface area (Å²) in [6, 6.07) is 5.70. The van der Waals surface area contributed by atoms with Crippen molar-refractivity contribution in [3.05, 3.63) is 29.8 Å². The fourth-order valence-electron chi connectivity index (χ4n) is 3.53. The van der Waals surface area contributed by atoms with Gasteiger partial charge < -0.3 is 25.2 Å². The van der Waals surface area contributed by atoms with Crippen LogP contribution in [0.15, 0.2) is 24.3 Å². The van der Waals surface area contributed by atoms with Crippen LogP contribution in [0, 0.1) is 5.92 Å². The topological polar surface area (TPSA) is 131 Å². The number of carboxylic acids is 1. The van der Waals surface area contributed by atoms with Crippen LogP contribution >= 0.6 is 11.8 Å². The summed E-state index contributed by atoms with van der Waals surface area (Å²) in [7, 11) is 1.53. The van der Waals surface area contributed by atoms with Gasteiger partial charge >= 0.3 is 5.97 Å². The Morgan fingerprint density at radius 3 is 2.30 bits per heavy atom. The van der Waals surface area contributed by atoms with Gasteiger partial charge in [0.05, 0.1) is 12.4 Å². The summed E-state index contributed by atoms with van der Waals surface area (Å²) in [5.41, 5.74) is -0.673. The lowest BCUT2D eigenvalue weighted by molar-refractivity contribution is -0.143. The molecular weight excluding hydrogens is 448 g/mol. The fraction of sp³-hybridized carbons (Fsp3) is 0.565. The smallest absolute Gasteiger partial charge is 0.326 e. The first-order valence-corrected chi connectivity index (χ1v) is 11.6. The molecular formula is C23H32N2O7S. The number of rotatable bonds is 10. The molecule has 0 unspecified atom stereocenters. The molecule has 0 aromatic heterocycles. The summed E-state index contributed by atoms with van der Waals surface area (Å²) in [5.74, 6) is -1.65. The normalized spacial score (nSPS) is 16.4. The zero-order valence-electron chi connectivity index (χ0n) is 19.4. The number of aliphatic carboxylic acids is 1. The molecule has 0 radical (unpaired) electrons. The van der Waals surface area contributed by atoms with E-state index < -0.39 is 34.6 Å². The minimum Gasteiger partial charge on any atom is -0.497 e. The molecule has 9 nitrogen and oxygen atoms in total. The number of nitrogens with one attached hydrogen (secondary N) is 2. The first kappa shape index (κ1) is 26.7. The summed E-state index contributed by atoms with van der Waals surface area (Å²) < 4.78 is 10.4. The van der Waals surface area contributed by atoms with Gasteiger partial charge in [0.15, 0.2) is 5.12 Å². The Bertz CT molecular complexity index is 851. The monoisotopic (exact) mass is 480 g/mol. The van der Waals surface area contributed by atoms with E-state index in [2.05, 4.69) is 10.6 Å². The molecule has 10 heteroatoms. The lowest BCUT2D eigenvalue weighted by Crippen LogP contribution is -2.60. The molecule has 1 aliphatic heterocycles. The summed E-state index contributed by atoms with van der Waals surface area (Å²) >= 11 is 0.948. The quantitative estimate of drug-likeness (QED) is 0.462. The Kier molecular flexibility index (Phi) is 9.72. The summed E-state index contributed by atoms with van der Waals surface area (Å²) in [5, 5.41) is 14.0. The number of benzene rings is 1. The molecule has 0 aliphatic carbocycles. The zero-order chi connectivity index (χ0) is 24.6. The van der Waals surface area contributed by atoms with Gasteiger partial charge in [0.1, 0.15) is 17.3 Å². The van der Waals surface area contributed by atoms with Crippen molar-refractivity contribution in [2.24, 2.45) is 5.92 Å². The van der Waals surface area contributed by atoms with Crippen molar-refractivity contribution in [3.8, 4) is 5.75 Å². The van der Waals surface area contributed by atoms with Gasteiger partial charge in [0.2, 0.25) is 11.8 Å². The number of carboxylic acid groups (broad SMARTS) is 1. The second kappa shape index (κ2) is 12.0. The molecule has 0 spiro atoms. The van der Waals surface area contributed by atoms with Crippen molar-refractivity contribution in [2.75, 3.05) is 20.3 Å². The Balaban J connectivity index is 2.06. The standard InChI is InChI=1S/C23H32N2O7S/c1-14(26)33-19(16-9-11-32-12-10-16)20(27)25-23(2,3)22(30)24-18(21(28)29)13-15-5-7-17(31-4)8-6-15/h5-8,16,18-19H,9-13H2,1-4H3,(H,24,30)(H,25,27)(H,28,29)/t18-,19-/m0/s1. The van der Waals surface area contributed by atoms with Crippen molar-refractivity contribution in [1.82, 2.24) is 10.6 Å². The van der Waals surface area contributed by atoms with E-state index in [4.69, 9.17) is 9.47 Å². The number of carbonyl (C=O) groups is 4. The first-order chi connectivity index (χ1) is 15.5. The second-order valence-electron chi connectivity index (χ2n) is 8.51. The van der Waals surface area contributed by atoms with Crippen molar-refractivity contribution >= 4 is 34.7 Å². The highest BCUT2D eigenvalue weighted by Gasteiger charge is 2.38. The van der Waals surface area contributed by atoms with Crippen LogP contribution in [-0.4, -0.2) is 65.2 Å². The van der Waals surface area contributed by atoms with Crippen LogP contribution in [0.4, 0.5) is 0 Å². The van der Waals surface area contributed by atoms with E-state index in [1.54, 1.807) is 24.3 Å². The molecule has 1 aromatic carbocycles. The number of hydrogen-bond acceptors (Lipinski definition) is 7. The number of hydrogen-bond donors (Lipinski definition) is 3. The molecule has 1 heterocycles. The van der Waals surface area contributed by atoms with Crippen LogP contribution in [0.1, 0.15) is 39.2 Å². The number of carbonyl (C=O) groups excluding carboxylic acids is 3. The molecule has 0 bridgehead atoms. The van der Waals surface area contributed by atoms with Crippen LogP contribution in [0.3, 0.4) is 0 Å². The van der Waals surface area contributed by atoms with E-state index in [0.29, 0.717) is 37.4 Å². The number of thioether (sulfide) groups is 1. The minimum atomic E-state index is -1.38. The minimum absolute atomic E-state index is 0.0478. The van der Waals surface area contributed by atoms with E-state index in [9.17, 15) is 24.3 Å². The Hall–Kier alpha value is -2.59. The molecule has 182 valence electrons. The van der Waals surface area contributed by atoms with E-state index >= 15 is 0 Å². The predicted molar refractivity (Wildman–Crippen MR) is 124 cm³/mol. The Morgan fingerprint density at radius 1 is 1.18 bits per heavy atom. The van der Waals surface area contributed by atoms with E-state index in [0.717, 1.165) is 11.8 Å². The molecule has 2 rings (SSSR count). The predicted octanol–water partition coefficient (Wildman–Crippen LogP) is 1.78. The Morgan fingerprint density at radius 2 is 1.79 bits per heavy atom. The summed E-state index contributed by atoms with van der Waals surface area (Å²) in [6.07, 6.45) is 1.36. The van der Waals surface area contributed by atoms with Crippen LogP contribution < -0.4 is 15.4 Å². The molecule has 0 saturated carbocycles. The molecule has 1 aliphatic rings. The highest BCUT2D eigenvalue weighted by molar-refractivity contribution is 8.14. The van der Waals surface area contributed by atoms with Crippen LogP contribution in [0.5, 0.6) is 5.75 Å². The molecule has 2 atom stereocenters. The lowest BCUT2D eigenvalue weighted by Gasteiger charge is -2.32. The summed E-state index contributed by atoms with van der Waals surface area (Å²) in [6.45, 7) is 5.45. The summed E-state index contributed by atoms with van der Waals surface area (Å²) in [4.78, 5) is 49.5. The lowest BCUT2D eigenvalue weighted by atomic mass is 9.94. The molecule has 1 fully saturated rings. The highest BCUT2D eigenvalue weighted by Crippen LogP contribution is 2.29. The van der Waals surface area contributed by atoms with E-state index in [1.165, 1.54) is 27.9 Å². The molecule has 33 heavy (non-hydrogen) atoms. The zero-order valence-corrected chi connectivity index (χ0v) is 20.2. The molecule has 1 saturated heterocycles. The molecule has 1 aromatic rings. The molecule has 2 amide bonds. The van der Waals surface area contributed by atoms with Crippen molar-refractivity contribution in [2.45, 2.75) is 56.9 Å². The van der Waals surface area contributed by atoms with Crippen LogP contribution in [0.2, 0.25) is 0 Å². The van der Waals surface area contributed by atoms with Crippen LogP contribution in [-0.2, 0) is 30.3 Å². The maximum Gasteiger partial charge on any atom is 0.326 e. The highest BCUT2D eigenvalue weighted by atomic mass is 32.2. The van der Waals surface area contributed by atoms with Crippen LogP contribution in [0.25, 0.3) is 0 Å². The van der Waals surface area contributed by atoms with Crippen molar-refractivity contribution in [3.63, 3.8) is 0 Å². The van der Waals surface area contributed by atoms with Crippen molar-refractivity contribution in [1.29, 1.82) is 0 Å². The van der Waals surface area contributed by atoms with Crippen molar-refractivity contribution < 1.29 is 33.8 Å². The second-order valence-corrected chi connectivity index (χ2v) is 9.83. The number of amides is 2. The van der Waals surface area contributed by atoms with Gasteiger partial charge in [-0.2, -0.15) is 0 Å². The van der Waals surface area contributed by atoms with Gasteiger partial charge in [-0.05, 0) is 50.3 Å². The van der Waals surface area contributed by atoms with Gasteiger partial charge in [-0.15, -0.1) is 0 Å². The van der Waals surface area contributed by atoms with Gasteiger partial charge in [-0.1, -0.05) is 23.9 Å². The van der Waals surface area contributed by atoms with Gasteiger partial charge in [-0.25, -0.2) is 4.79 Å². The third kappa shape index (κ3) is 8.04. The maximum absolute atomic E-state index is 13.0. The average molecular weight is 481 g/mol. The van der Waals surface area contributed by atoms with E-state index in [1.807, 2.05) is 0 Å². The number of methoxy groups -OCH3 is 1.